The second-order valence-electron chi connectivity index (χ2n) is 5.67. The molecule has 3 rings (SSSR count). The summed E-state index contributed by atoms with van der Waals surface area (Å²) >= 11 is 0. The minimum absolute atomic E-state index is 0.249. The molecule has 2 unspecified atom stereocenters. The third kappa shape index (κ3) is 2.67. The number of nitrogens with one attached hydrogen (secondary N) is 1. The van der Waals surface area contributed by atoms with Crippen molar-refractivity contribution in [3.05, 3.63) is 29.6 Å². The fourth-order valence-electron chi connectivity index (χ4n) is 2.70. The molecule has 1 heterocycles. The molecule has 1 saturated heterocycles. The van der Waals surface area contributed by atoms with E-state index in [0.717, 1.165) is 0 Å². The molecule has 2 N–H and O–H groups in total. The van der Waals surface area contributed by atoms with E-state index in [1.54, 1.807) is 6.07 Å². The first kappa shape index (κ1) is 14.5. The topological polar surface area (TPSA) is 83.5 Å². The molecule has 1 aliphatic carbocycles. The maximum Gasteiger partial charge on any atom is 0.307 e. The molecule has 7 heteroatoms. The number of rotatable bonds is 4. The summed E-state index contributed by atoms with van der Waals surface area (Å²) in [4.78, 5) is 10.7. The van der Waals surface area contributed by atoms with E-state index in [2.05, 4.69) is 5.32 Å². The van der Waals surface area contributed by atoms with Gasteiger partial charge in [0.25, 0.3) is 0 Å². The van der Waals surface area contributed by atoms with Gasteiger partial charge >= 0.3 is 5.97 Å². The summed E-state index contributed by atoms with van der Waals surface area (Å²) in [5.41, 5.74) is 0.589. The Morgan fingerprint density at radius 2 is 2.05 bits per heavy atom. The summed E-state index contributed by atoms with van der Waals surface area (Å²) in [6, 6.07) is 3.82. The summed E-state index contributed by atoms with van der Waals surface area (Å²) in [5.74, 6) is -2.12. The molecule has 0 aromatic heterocycles. The summed E-state index contributed by atoms with van der Waals surface area (Å²) in [5, 5.41) is 11.5. The summed E-state index contributed by atoms with van der Waals surface area (Å²) < 4.78 is 38.2. The Bertz CT molecular complexity index is 684. The molecule has 1 saturated carbocycles. The van der Waals surface area contributed by atoms with Gasteiger partial charge in [0.15, 0.2) is 9.84 Å². The maximum atomic E-state index is 14.1. The normalized spacial score (nSPS) is 26.0. The Hall–Kier alpha value is -1.47. The average Bonchev–Trinajstić information content (AvgIpc) is 3.16. The van der Waals surface area contributed by atoms with Crippen LogP contribution in [0.4, 0.5) is 4.39 Å². The van der Waals surface area contributed by atoms with E-state index >= 15 is 0 Å². The lowest BCUT2D eigenvalue weighted by atomic mass is 10.0. The average molecular weight is 313 g/mol. The SMILES string of the molecule is O=C(O)C1CNC(c2ccc(S(=O)(=O)C3CC3)c(F)c2)C1. The van der Waals surface area contributed by atoms with Gasteiger partial charge in [-0.1, -0.05) is 6.07 Å². The van der Waals surface area contributed by atoms with Crippen molar-refractivity contribution < 1.29 is 22.7 Å². The molecule has 1 aliphatic heterocycles. The largest absolute Gasteiger partial charge is 0.481 e. The molecule has 114 valence electrons. The highest BCUT2D eigenvalue weighted by atomic mass is 32.2. The quantitative estimate of drug-likeness (QED) is 0.880. The van der Waals surface area contributed by atoms with Crippen LogP contribution in [0, 0.1) is 11.7 Å². The van der Waals surface area contributed by atoms with Gasteiger partial charge in [0.2, 0.25) is 0 Å². The highest BCUT2D eigenvalue weighted by molar-refractivity contribution is 7.92. The smallest absolute Gasteiger partial charge is 0.307 e. The fraction of sp³-hybridized carbons (Fsp3) is 0.500. The first-order valence-corrected chi connectivity index (χ1v) is 8.44. The van der Waals surface area contributed by atoms with Gasteiger partial charge in [0.05, 0.1) is 11.2 Å². The van der Waals surface area contributed by atoms with E-state index in [9.17, 15) is 17.6 Å². The molecular formula is C14H16FNO4S. The van der Waals surface area contributed by atoms with E-state index in [1.807, 2.05) is 0 Å². The van der Waals surface area contributed by atoms with Gasteiger partial charge in [-0.05, 0) is 37.0 Å². The van der Waals surface area contributed by atoms with E-state index in [-0.39, 0.29) is 10.9 Å². The standard InChI is InChI=1S/C14H16FNO4S/c15-11-5-8(12-6-9(7-16-12)14(17)18)1-4-13(11)21(19,20)10-2-3-10/h1,4-5,9-10,12,16H,2-3,6-7H2,(H,17,18). The molecule has 1 aromatic rings. The van der Waals surface area contributed by atoms with Gasteiger partial charge in [-0.15, -0.1) is 0 Å². The molecule has 2 aliphatic rings. The van der Waals surface area contributed by atoms with Crippen molar-refractivity contribution in [2.75, 3.05) is 6.54 Å². The zero-order chi connectivity index (χ0) is 15.2. The van der Waals surface area contributed by atoms with Crippen molar-refractivity contribution in [1.82, 2.24) is 5.32 Å². The molecule has 0 bridgehead atoms. The van der Waals surface area contributed by atoms with Crippen LogP contribution >= 0.6 is 0 Å². The van der Waals surface area contributed by atoms with Crippen LogP contribution in [0.2, 0.25) is 0 Å². The highest BCUT2D eigenvalue weighted by Gasteiger charge is 2.39. The molecule has 2 atom stereocenters. The number of carbonyl (C=O) groups is 1. The molecule has 0 spiro atoms. The highest BCUT2D eigenvalue weighted by Crippen LogP contribution is 2.36. The number of halogens is 1. The lowest BCUT2D eigenvalue weighted by molar-refractivity contribution is -0.141. The summed E-state index contributed by atoms with van der Waals surface area (Å²) in [6.45, 7) is 0.337. The second-order valence-corrected chi connectivity index (χ2v) is 7.86. The van der Waals surface area contributed by atoms with E-state index in [4.69, 9.17) is 5.11 Å². The minimum atomic E-state index is -3.55. The molecule has 1 aromatic carbocycles. The van der Waals surface area contributed by atoms with Crippen LogP contribution in [0.1, 0.15) is 30.9 Å². The Kier molecular flexibility index (Phi) is 3.49. The Balaban J connectivity index is 1.84. The summed E-state index contributed by atoms with van der Waals surface area (Å²) in [7, 11) is -3.55. The number of aliphatic carboxylic acids is 1. The number of sulfone groups is 1. The van der Waals surface area contributed by atoms with Crippen molar-refractivity contribution in [2.45, 2.75) is 35.4 Å². The Morgan fingerprint density at radius 3 is 2.57 bits per heavy atom. The van der Waals surface area contributed by atoms with Crippen LogP contribution in [0.15, 0.2) is 23.1 Å². The Labute approximate surface area is 122 Å². The number of carboxylic acid groups (broad SMARTS) is 1. The minimum Gasteiger partial charge on any atom is -0.481 e. The molecule has 21 heavy (non-hydrogen) atoms. The predicted molar refractivity (Wildman–Crippen MR) is 73.1 cm³/mol. The fourth-order valence-corrected chi connectivity index (χ4v) is 4.40. The van der Waals surface area contributed by atoms with Gasteiger partial charge in [0.1, 0.15) is 10.7 Å². The monoisotopic (exact) mass is 313 g/mol. The zero-order valence-electron chi connectivity index (χ0n) is 11.3. The molecule has 2 fully saturated rings. The van der Waals surface area contributed by atoms with E-state index in [1.165, 1.54) is 12.1 Å². The number of benzene rings is 1. The second kappa shape index (κ2) is 5.06. The molecule has 5 nitrogen and oxygen atoms in total. The maximum absolute atomic E-state index is 14.1. The zero-order valence-corrected chi connectivity index (χ0v) is 12.1. The van der Waals surface area contributed by atoms with Crippen molar-refractivity contribution >= 4 is 15.8 Å². The van der Waals surface area contributed by atoms with Gasteiger partial charge in [-0.3, -0.25) is 4.79 Å². The van der Waals surface area contributed by atoms with Crippen LogP contribution < -0.4 is 5.32 Å². The third-order valence-corrected chi connectivity index (χ3v) is 6.40. The van der Waals surface area contributed by atoms with Gasteiger partial charge < -0.3 is 10.4 Å². The van der Waals surface area contributed by atoms with Crippen LogP contribution in [0.5, 0.6) is 0 Å². The first-order valence-electron chi connectivity index (χ1n) is 6.89. The predicted octanol–water partition coefficient (Wildman–Crippen LogP) is 1.50. The van der Waals surface area contributed by atoms with Crippen LogP contribution in [-0.4, -0.2) is 31.3 Å². The number of carboxylic acids is 1. The number of hydrogen-bond donors (Lipinski definition) is 2. The van der Waals surface area contributed by atoms with Crippen LogP contribution in [0.3, 0.4) is 0 Å². The summed E-state index contributed by atoms with van der Waals surface area (Å²) in [6.07, 6.45) is 1.56. The molecule has 0 amide bonds. The van der Waals surface area contributed by atoms with Crippen molar-refractivity contribution in [3.8, 4) is 0 Å². The van der Waals surface area contributed by atoms with Crippen LogP contribution in [0.25, 0.3) is 0 Å². The van der Waals surface area contributed by atoms with E-state index in [0.29, 0.717) is 31.4 Å². The van der Waals surface area contributed by atoms with Crippen molar-refractivity contribution in [1.29, 1.82) is 0 Å². The van der Waals surface area contributed by atoms with Crippen molar-refractivity contribution in [3.63, 3.8) is 0 Å². The van der Waals surface area contributed by atoms with Gasteiger partial charge in [-0.2, -0.15) is 0 Å². The van der Waals surface area contributed by atoms with Gasteiger partial charge in [-0.25, -0.2) is 12.8 Å². The van der Waals surface area contributed by atoms with Crippen molar-refractivity contribution in [2.24, 2.45) is 5.92 Å². The Morgan fingerprint density at radius 1 is 1.33 bits per heavy atom. The number of hydrogen-bond acceptors (Lipinski definition) is 4. The lowest BCUT2D eigenvalue weighted by Gasteiger charge is -2.12. The van der Waals surface area contributed by atoms with Crippen LogP contribution in [-0.2, 0) is 14.6 Å². The molecular weight excluding hydrogens is 297 g/mol. The first-order chi connectivity index (χ1) is 9.89. The van der Waals surface area contributed by atoms with Gasteiger partial charge in [0, 0.05) is 12.6 Å². The molecule has 0 radical (unpaired) electrons. The lowest BCUT2D eigenvalue weighted by Crippen LogP contribution is -2.17. The van der Waals surface area contributed by atoms with E-state index < -0.39 is 32.8 Å². The third-order valence-electron chi connectivity index (χ3n) is 4.11.